The number of ketones is 1. The summed E-state index contributed by atoms with van der Waals surface area (Å²) in [6, 6.07) is 6.40. The smallest absolute Gasteiger partial charge is 0.162 e. The molecule has 0 spiro atoms. The summed E-state index contributed by atoms with van der Waals surface area (Å²) < 4.78 is 19.0. The fraction of sp³-hybridized carbons (Fsp3) is 0.562. The highest BCUT2D eigenvalue weighted by molar-refractivity contribution is 5.82. The molecule has 3 heteroatoms. The molecule has 1 aliphatic rings. The minimum atomic E-state index is -0.317. The molecule has 0 aromatic heterocycles. The highest BCUT2D eigenvalue weighted by Crippen LogP contribution is 2.25. The molecule has 104 valence electrons. The lowest BCUT2D eigenvalue weighted by molar-refractivity contribution is -0.125. The molecule has 0 aliphatic heterocycles. The molecule has 0 radical (unpaired) electrons. The van der Waals surface area contributed by atoms with Crippen molar-refractivity contribution >= 4 is 5.78 Å². The molecule has 0 bridgehead atoms. The summed E-state index contributed by atoms with van der Waals surface area (Å²) in [5, 5.41) is 0. The van der Waals surface area contributed by atoms with Crippen LogP contribution in [0.15, 0.2) is 24.3 Å². The molecule has 2 nitrogen and oxygen atoms in total. The third-order valence-corrected chi connectivity index (χ3v) is 3.79. The van der Waals surface area contributed by atoms with Gasteiger partial charge in [-0.3, -0.25) is 4.79 Å². The van der Waals surface area contributed by atoms with Crippen molar-refractivity contribution in [1.29, 1.82) is 0 Å². The summed E-state index contributed by atoms with van der Waals surface area (Å²) in [7, 11) is 0. The zero-order valence-electron chi connectivity index (χ0n) is 11.4. The fourth-order valence-electron chi connectivity index (χ4n) is 2.51. The second kappa shape index (κ2) is 6.80. The van der Waals surface area contributed by atoms with Gasteiger partial charge in [-0.25, -0.2) is 4.39 Å². The average molecular weight is 264 g/mol. The first-order valence-electron chi connectivity index (χ1n) is 7.02. The molecular weight excluding hydrogens is 243 g/mol. The number of ether oxygens (including phenoxy) is 1. The summed E-state index contributed by atoms with van der Waals surface area (Å²) >= 11 is 0. The Balaban J connectivity index is 1.74. The van der Waals surface area contributed by atoms with Crippen molar-refractivity contribution in [1.82, 2.24) is 0 Å². The van der Waals surface area contributed by atoms with E-state index in [1.54, 1.807) is 18.2 Å². The lowest BCUT2D eigenvalue weighted by atomic mass is 9.89. The summed E-state index contributed by atoms with van der Waals surface area (Å²) in [4.78, 5) is 11.8. The Kier molecular flexibility index (Phi) is 5.08. The number of rotatable bonds is 5. The lowest BCUT2D eigenvalue weighted by Gasteiger charge is -2.25. The summed E-state index contributed by atoms with van der Waals surface area (Å²) in [6.45, 7) is 2.35. The van der Waals surface area contributed by atoms with Crippen molar-refractivity contribution in [3.05, 3.63) is 35.6 Å². The van der Waals surface area contributed by atoms with Crippen LogP contribution >= 0.6 is 0 Å². The first kappa shape index (κ1) is 14.2. The Morgan fingerprint density at radius 2 is 1.95 bits per heavy atom. The molecule has 0 N–H and O–H groups in total. The molecule has 1 fully saturated rings. The second-order valence-corrected chi connectivity index (χ2v) is 5.50. The van der Waals surface area contributed by atoms with E-state index < -0.39 is 0 Å². The molecule has 2 rings (SSSR count). The number of hydrogen-bond acceptors (Lipinski definition) is 2. The van der Waals surface area contributed by atoms with E-state index in [0.717, 1.165) is 18.8 Å². The quantitative estimate of drug-likeness (QED) is 0.813. The van der Waals surface area contributed by atoms with Gasteiger partial charge in [0, 0.05) is 6.42 Å². The van der Waals surface area contributed by atoms with Crippen LogP contribution in [-0.2, 0) is 16.0 Å². The van der Waals surface area contributed by atoms with Gasteiger partial charge >= 0.3 is 0 Å². The zero-order chi connectivity index (χ0) is 13.7. The van der Waals surface area contributed by atoms with Crippen LogP contribution in [0.5, 0.6) is 0 Å². The Morgan fingerprint density at radius 1 is 1.26 bits per heavy atom. The van der Waals surface area contributed by atoms with Gasteiger partial charge in [-0.1, -0.05) is 25.1 Å². The van der Waals surface area contributed by atoms with Gasteiger partial charge in [-0.2, -0.15) is 0 Å². The number of carbonyl (C=O) groups is 1. The maximum Gasteiger partial charge on any atom is 0.162 e. The normalized spacial score (nSPS) is 23.3. The van der Waals surface area contributed by atoms with E-state index >= 15 is 0 Å². The van der Waals surface area contributed by atoms with Crippen LogP contribution in [-0.4, -0.2) is 18.5 Å². The van der Waals surface area contributed by atoms with E-state index in [-0.39, 0.29) is 30.7 Å². The number of hydrogen-bond donors (Lipinski definition) is 0. The van der Waals surface area contributed by atoms with Crippen LogP contribution in [0.1, 0.15) is 38.2 Å². The van der Waals surface area contributed by atoms with Gasteiger partial charge in [0.05, 0.1) is 6.10 Å². The number of halogens is 1. The molecule has 0 unspecified atom stereocenters. The largest absolute Gasteiger partial charge is 0.370 e. The third-order valence-electron chi connectivity index (χ3n) is 3.79. The Morgan fingerprint density at radius 3 is 2.63 bits per heavy atom. The molecule has 0 heterocycles. The molecular formula is C16H21FO2. The minimum Gasteiger partial charge on any atom is -0.370 e. The summed E-state index contributed by atoms with van der Waals surface area (Å²) in [5.41, 5.74) is 0.452. The highest BCUT2D eigenvalue weighted by atomic mass is 19.1. The van der Waals surface area contributed by atoms with E-state index in [1.165, 1.54) is 18.9 Å². The van der Waals surface area contributed by atoms with Crippen molar-refractivity contribution < 1.29 is 13.9 Å². The predicted octanol–water partition coefficient (Wildman–Crippen LogP) is 3.53. The molecule has 1 saturated carbocycles. The number of Topliss-reactive ketones (excluding diaryl/α,β-unsaturated/α-hetero) is 1. The van der Waals surface area contributed by atoms with E-state index in [2.05, 4.69) is 6.92 Å². The standard InChI is InChI=1S/C16H21FO2/c1-12-6-8-15(9-7-12)19-11-14(18)10-13-4-2-3-5-16(13)17/h2-5,12,15H,6-11H2,1H3. The molecule has 19 heavy (non-hydrogen) atoms. The molecule has 1 aromatic carbocycles. The van der Waals surface area contributed by atoms with Crippen LogP contribution in [0, 0.1) is 11.7 Å². The second-order valence-electron chi connectivity index (χ2n) is 5.50. The van der Waals surface area contributed by atoms with Crippen molar-refractivity contribution in [2.45, 2.75) is 45.1 Å². The van der Waals surface area contributed by atoms with Crippen molar-refractivity contribution in [2.75, 3.05) is 6.61 Å². The summed E-state index contributed by atoms with van der Waals surface area (Å²) in [5.74, 6) is 0.403. The number of benzene rings is 1. The van der Waals surface area contributed by atoms with Crippen LogP contribution in [0.2, 0.25) is 0 Å². The van der Waals surface area contributed by atoms with Gasteiger partial charge in [-0.15, -0.1) is 0 Å². The fourth-order valence-corrected chi connectivity index (χ4v) is 2.51. The SMILES string of the molecule is CC1CCC(OCC(=O)Cc2ccccc2F)CC1. The van der Waals surface area contributed by atoms with Crippen LogP contribution < -0.4 is 0 Å². The molecule has 0 amide bonds. The molecule has 1 aromatic rings. The van der Waals surface area contributed by atoms with Gasteiger partial charge in [0.25, 0.3) is 0 Å². The van der Waals surface area contributed by atoms with Crippen molar-refractivity contribution in [3.63, 3.8) is 0 Å². The molecule has 0 atom stereocenters. The van der Waals surface area contributed by atoms with Gasteiger partial charge in [0.1, 0.15) is 12.4 Å². The van der Waals surface area contributed by atoms with Gasteiger partial charge in [0.2, 0.25) is 0 Å². The van der Waals surface area contributed by atoms with Gasteiger partial charge in [0.15, 0.2) is 5.78 Å². The monoisotopic (exact) mass is 264 g/mol. The maximum absolute atomic E-state index is 13.4. The van der Waals surface area contributed by atoms with E-state index in [4.69, 9.17) is 4.74 Å². The topological polar surface area (TPSA) is 26.3 Å². The van der Waals surface area contributed by atoms with E-state index in [1.807, 2.05) is 0 Å². The van der Waals surface area contributed by atoms with Crippen molar-refractivity contribution in [3.8, 4) is 0 Å². The Labute approximate surface area is 114 Å². The van der Waals surface area contributed by atoms with Crippen LogP contribution in [0.25, 0.3) is 0 Å². The molecule has 1 aliphatic carbocycles. The zero-order valence-corrected chi connectivity index (χ0v) is 11.4. The summed E-state index contributed by atoms with van der Waals surface area (Å²) in [6.07, 6.45) is 4.75. The van der Waals surface area contributed by atoms with E-state index in [9.17, 15) is 9.18 Å². The third kappa shape index (κ3) is 4.43. The van der Waals surface area contributed by atoms with Crippen molar-refractivity contribution in [2.24, 2.45) is 5.92 Å². The molecule has 0 saturated heterocycles. The van der Waals surface area contributed by atoms with Gasteiger partial charge in [-0.05, 0) is 43.2 Å². The first-order valence-corrected chi connectivity index (χ1v) is 7.02. The predicted molar refractivity (Wildman–Crippen MR) is 72.5 cm³/mol. The van der Waals surface area contributed by atoms with Crippen LogP contribution in [0.4, 0.5) is 4.39 Å². The minimum absolute atomic E-state index is 0.0521. The Bertz CT molecular complexity index is 423. The Hall–Kier alpha value is -1.22. The average Bonchev–Trinajstić information content (AvgIpc) is 2.41. The first-order chi connectivity index (χ1) is 9.15. The van der Waals surface area contributed by atoms with Gasteiger partial charge < -0.3 is 4.74 Å². The maximum atomic E-state index is 13.4. The van der Waals surface area contributed by atoms with E-state index in [0.29, 0.717) is 5.56 Å². The highest BCUT2D eigenvalue weighted by Gasteiger charge is 2.19. The van der Waals surface area contributed by atoms with Crippen LogP contribution in [0.3, 0.4) is 0 Å². The lowest BCUT2D eigenvalue weighted by Crippen LogP contribution is -2.24. The number of carbonyl (C=O) groups excluding carboxylic acids is 1.